The van der Waals surface area contributed by atoms with Gasteiger partial charge in [-0.15, -0.1) is 11.3 Å². The molecule has 5 rings (SSSR count). The molecule has 1 N–H and O–H groups in total. The molecule has 1 aliphatic rings. The summed E-state index contributed by atoms with van der Waals surface area (Å²) in [5.41, 5.74) is 2.66. The second kappa shape index (κ2) is 8.70. The number of rotatable bonds is 6. The molecule has 0 aliphatic carbocycles. The lowest BCUT2D eigenvalue weighted by atomic mass is 9.93. The van der Waals surface area contributed by atoms with Gasteiger partial charge < -0.3 is 9.84 Å². The van der Waals surface area contributed by atoms with E-state index in [0.29, 0.717) is 27.2 Å². The van der Waals surface area contributed by atoms with Crippen LogP contribution < -0.4 is 9.64 Å². The van der Waals surface area contributed by atoms with Crippen LogP contribution in [0.25, 0.3) is 10.2 Å². The van der Waals surface area contributed by atoms with E-state index in [-0.39, 0.29) is 11.4 Å². The summed E-state index contributed by atoms with van der Waals surface area (Å²) in [7, 11) is 1.59. The number of Topliss-reactive ketones (excluding diaryl/α,β-unsaturated/α-hetero) is 1. The Morgan fingerprint density at radius 1 is 1.15 bits per heavy atom. The minimum atomic E-state index is -0.786. The Hall–Kier alpha value is -3.49. The largest absolute Gasteiger partial charge is 0.503 e. The first-order valence-corrected chi connectivity index (χ1v) is 12.5. The molecular formula is C26H22N2O4S2. The third-order valence-corrected chi connectivity index (χ3v) is 7.79. The van der Waals surface area contributed by atoms with E-state index < -0.39 is 17.7 Å². The SMILES string of the molecule is COc1ccc2nc(N3C(=O)C(O)=C(C(=O)c4cccs4)C3c3ccc(C(C)C)cc3)sc2c1. The maximum Gasteiger partial charge on any atom is 0.296 e. The van der Waals surface area contributed by atoms with E-state index in [1.807, 2.05) is 36.4 Å². The smallest absolute Gasteiger partial charge is 0.296 e. The van der Waals surface area contributed by atoms with Gasteiger partial charge in [-0.2, -0.15) is 0 Å². The molecule has 0 bridgehead atoms. The Balaban J connectivity index is 1.66. The quantitative estimate of drug-likeness (QED) is 0.322. The molecule has 4 aromatic rings. The van der Waals surface area contributed by atoms with Crippen molar-refractivity contribution >= 4 is 49.7 Å². The van der Waals surface area contributed by atoms with Gasteiger partial charge in [-0.05, 0) is 46.7 Å². The van der Waals surface area contributed by atoms with Crippen LogP contribution in [-0.4, -0.2) is 28.9 Å². The number of aliphatic hydroxyl groups excluding tert-OH is 1. The molecular weight excluding hydrogens is 468 g/mol. The van der Waals surface area contributed by atoms with Crippen molar-refractivity contribution in [1.82, 2.24) is 4.98 Å². The number of fused-ring (bicyclic) bond motifs is 1. The maximum atomic E-state index is 13.4. The fourth-order valence-corrected chi connectivity index (χ4v) is 5.77. The van der Waals surface area contributed by atoms with Crippen LogP contribution in [0.5, 0.6) is 5.75 Å². The number of thiazole rings is 1. The zero-order valence-corrected chi connectivity index (χ0v) is 20.4. The average molecular weight is 491 g/mol. The summed E-state index contributed by atoms with van der Waals surface area (Å²) in [6.07, 6.45) is 0. The monoisotopic (exact) mass is 490 g/mol. The van der Waals surface area contributed by atoms with Gasteiger partial charge in [0.15, 0.2) is 10.9 Å². The lowest BCUT2D eigenvalue weighted by Gasteiger charge is -2.24. The van der Waals surface area contributed by atoms with Crippen LogP contribution in [-0.2, 0) is 4.79 Å². The van der Waals surface area contributed by atoms with E-state index in [4.69, 9.17) is 4.74 Å². The molecule has 34 heavy (non-hydrogen) atoms. The Kier molecular flexibility index (Phi) is 5.71. The van der Waals surface area contributed by atoms with Crippen molar-refractivity contribution in [3.63, 3.8) is 0 Å². The third-order valence-electron chi connectivity index (χ3n) is 5.91. The van der Waals surface area contributed by atoms with E-state index in [2.05, 4.69) is 18.8 Å². The lowest BCUT2D eigenvalue weighted by molar-refractivity contribution is -0.117. The van der Waals surface area contributed by atoms with Crippen LogP contribution in [0.15, 0.2) is 71.3 Å². The molecule has 172 valence electrons. The summed E-state index contributed by atoms with van der Waals surface area (Å²) in [5.74, 6) is -0.502. The minimum absolute atomic E-state index is 0.0709. The second-order valence-corrected chi connectivity index (χ2v) is 10.3. The molecule has 6 nitrogen and oxygen atoms in total. The van der Waals surface area contributed by atoms with Crippen molar-refractivity contribution < 1.29 is 19.4 Å². The Morgan fingerprint density at radius 2 is 1.91 bits per heavy atom. The van der Waals surface area contributed by atoms with Crippen LogP contribution in [0.4, 0.5) is 5.13 Å². The van der Waals surface area contributed by atoms with Crippen molar-refractivity contribution in [2.24, 2.45) is 0 Å². The summed E-state index contributed by atoms with van der Waals surface area (Å²) < 4.78 is 6.15. The predicted octanol–water partition coefficient (Wildman–Crippen LogP) is 6.27. The Morgan fingerprint density at radius 3 is 2.56 bits per heavy atom. The van der Waals surface area contributed by atoms with E-state index in [9.17, 15) is 14.7 Å². The van der Waals surface area contributed by atoms with Crippen LogP contribution in [0.2, 0.25) is 0 Å². The van der Waals surface area contributed by atoms with E-state index in [0.717, 1.165) is 15.8 Å². The van der Waals surface area contributed by atoms with Gasteiger partial charge in [-0.25, -0.2) is 4.98 Å². The van der Waals surface area contributed by atoms with Crippen molar-refractivity contribution in [2.75, 3.05) is 12.0 Å². The van der Waals surface area contributed by atoms with Gasteiger partial charge in [-0.3, -0.25) is 14.5 Å². The van der Waals surface area contributed by atoms with Gasteiger partial charge in [0, 0.05) is 0 Å². The Labute approximate surface area is 204 Å². The number of aromatic nitrogens is 1. The molecule has 1 aliphatic heterocycles. The van der Waals surface area contributed by atoms with Gasteiger partial charge in [0.25, 0.3) is 5.91 Å². The Bertz CT molecular complexity index is 1420. The molecule has 2 aromatic heterocycles. The maximum absolute atomic E-state index is 13.4. The zero-order chi connectivity index (χ0) is 24.0. The van der Waals surface area contributed by atoms with E-state index in [1.165, 1.54) is 27.6 Å². The van der Waals surface area contributed by atoms with Crippen LogP contribution >= 0.6 is 22.7 Å². The van der Waals surface area contributed by atoms with Crippen molar-refractivity contribution in [2.45, 2.75) is 25.8 Å². The highest BCUT2D eigenvalue weighted by Gasteiger charge is 2.46. The minimum Gasteiger partial charge on any atom is -0.503 e. The molecule has 1 amide bonds. The molecule has 0 fully saturated rings. The third kappa shape index (κ3) is 3.69. The van der Waals surface area contributed by atoms with Gasteiger partial charge in [0.2, 0.25) is 5.78 Å². The number of thiophene rings is 1. The first kappa shape index (κ1) is 22.3. The van der Waals surface area contributed by atoms with Gasteiger partial charge in [0.05, 0.1) is 33.8 Å². The molecule has 0 saturated heterocycles. The molecule has 1 unspecified atom stereocenters. The molecule has 0 saturated carbocycles. The number of carbonyl (C=O) groups is 2. The topological polar surface area (TPSA) is 79.7 Å². The lowest BCUT2D eigenvalue weighted by Crippen LogP contribution is -2.30. The fraction of sp³-hybridized carbons (Fsp3) is 0.192. The summed E-state index contributed by atoms with van der Waals surface area (Å²) in [4.78, 5) is 33.3. The van der Waals surface area contributed by atoms with Crippen LogP contribution in [0, 0.1) is 0 Å². The summed E-state index contributed by atoms with van der Waals surface area (Å²) in [6, 6.07) is 16.0. The number of aliphatic hydroxyl groups is 1. The predicted molar refractivity (Wildman–Crippen MR) is 135 cm³/mol. The van der Waals surface area contributed by atoms with Gasteiger partial charge in [0.1, 0.15) is 5.75 Å². The number of anilines is 1. The fourth-order valence-electron chi connectivity index (χ4n) is 4.08. The molecule has 2 aromatic carbocycles. The number of ketones is 1. The first-order chi connectivity index (χ1) is 16.4. The van der Waals surface area contributed by atoms with Crippen molar-refractivity contribution in [1.29, 1.82) is 0 Å². The molecule has 3 heterocycles. The number of benzene rings is 2. The highest BCUT2D eigenvalue weighted by Crippen LogP contribution is 2.45. The standard InChI is InChI=1S/C26H22N2O4S2/c1-14(2)15-6-8-16(9-7-15)22-21(23(29)19-5-4-12-33-19)24(30)25(31)28(22)26-27-18-11-10-17(32-3)13-20(18)34-26/h4-14,22,30H,1-3H3. The molecule has 0 spiro atoms. The molecule has 8 heteroatoms. The van der Waals surface area contributed by atoms with Gasteiger partial charge in [-0.1, -0.05) is 55.5 Å². The first-order valence-electron chi connectivity index (χ1n) is 10.8. The molecule has 1 atom stereocenters. The average Bonchev–Trinajstić information content (AvgIpc) is 3.57. The second-order valence-electron chi connectivity index (χ2n) is 8.30. The summed E-state index contributed by atoms with van der Waals surface area (Å²) in [6.45, 7) is 4.21. The van der Waals surface area contributed by atoms with E-state index in [1.54, 1.807) is 30.7 Å². The molecule has 0 radical (unpaired) electrons. The zero-order valence-electron chi connectivity index (χ0n) is 18.8. The number of amides is 1. The normalized spacial score (nSPS) is 16.2. The number of nitrogens with zero attached hydrogens (tertiary/aromatic N) is 2. The van der Waals surface area contributed by atoms with Gasteiger partial charge >= 0.3 is 0 Å². The summed E-state index contributed by atoms with van der Waals surface area (Å²) >= 11 is 2.59. The van der Waals surface area contributed by atoms with Crippen molar-refractivity contribution in [3.05, 3.63) is 87.3 Å². The number of hydrogen-bond donors (Lipinski definition) is 1. The van der Waals surface area contributed by atoms with Crippen LogP contribution in [0.1, 0.15) is 46.6 Å². The van der Waals surface area contributed by atoms with Crippen molar-refractivity contribution in [3.8, 4) is 5.75 Å². The summed E-state index contributed by atoms with van der Waals surface area (Å²) in [5, 5.41) is 13.1. The number of methoxy groups -OCH3 is 1. The highest BCUT2D eigenvalue weighted by atomic mass is 32.1. The van der Waals surface area contributed by atoms with E-state index >= 15 is 0 Å². The van der Waals surface area contributed by atoms with Crippen LogP contribution in [0.3, 0.4) is 0 Å². The number of hydrogen-bond acceptors (Lipinski definition) is 7. The number of carbonyl (C=O) groups excluding carboxylic acids is 2. The highest BCUT2D eigenvalue weighted by molar-refractivity contribution is 7.22. The number of ether oxygens (including phenoxy) is 1.